The minimum absolute atomic E-state index is 0.0785. The topological polar surface area (TPSA) is 113 Å². The Kier molecular flexibility index (Phi) is 5.70. The molecule has 0 radical (unpaired) electrons. The first-order valence-electron chi connectivity index (χ1n) is 16.3. The van der Waals surface area contributed by atoms with E-state index in [1.54, 1.807) is 18.2 Å². The van der Waals surface area contributed by atoms with Crippen LogP contribution >= 0.6 is 22.9 Å². The van der Waals surface area contributed by atoms with E-state index >= 15 is 4.39 Å². The van der Waals surface area contributed by atoms with Gasteiger partial charge in [-0.15, -0.1) is 11.3 Å². The number of anilines is 2. The molecule has 232 valence electrons. The van der Waals surface area contributed by atoms with Gasteiger partial charge in [0.1, 0.15) is 41.7 Å². The summed E-state index contributed by atoms with van der Waals surface area (Å²) in [7, 11) is 0. The summed E-state index contributed by atoms with van der Waals surface area (Å²) in [4.78, 5) is 13.4. The van der Waals surface area contributed by atoms with Crippen LogP contribution in [-0.4, -0.2) is 77.5 Å². The van der Waals surface area contributed by atoms with Gasteiger partial charge in [0.25, 0.3) is 0 Å². The van der Waals surface area contributed by atoms with Crippen molar-refractivity contribution in [3.05, 3.63) is 34.6 Å². The third kappa shape index (κ3) is 4.00. The van der Waals surface area contributed by atoms with Crippen molar-refractivity contribution in [2.24, 2.45) is 0 Å². The Balaban J connectivity index is 1.28. The summed E-state index contributed by atoms with van der Waals surface area (Å²) >= 11 is 8.28. The molecule has 4 saturated heterocycles. The van der Waals surface area contributed by atoms with Crippen molar-refractivity contribution in [3.8, 4) is 29.0 Å². The summed E-state index contributed by atoms with van der Waals surface area (Å²) < 4.78 is 63.3. The number of nitriles is 1. The number of nitrogen functional groups attached to an aromatic ring is 1. The van der Waals surface area contributed by atoms with Gasteiger partial charge in [0.2, 0.25) is 0 Å². The Hall–Kier alpha value is -3.50. The summed E-state index contributed by atoms with van der Waals surface area (Å²) in [5.74, 6) is -0.580. The maximum absolute atomic E-state index is 17.2. The number of fused-ring (bicyclic) bond motifs is 7. The fraction of sp³-hybridized carbons (Fsp3) is 0.469. The highest BCUT2D eigenvalue weighted by atomic mass is 35.5. The first-order valence-corrected chi connectivity index (χ1v) is 16.5. The summed E-state index contributed by atoms with van der Waals surface area (Å²) in [6.07, 6.45) is 2.69. The van der Waals surface area contributed by atoms with Gasteiger partial charge in [-0.2, -0.15) is 15.2 Å². The largest absolute Gasteiger partial charge is 0.489 e. The number of piperazine rings is 1. The lowest BCUT2D eigenvalue weighted by Gasteiger charge is -2.40. The van der Waals surface area contributed by atoms with E-state index in [9.17, 15) is 12.4 Å². The van der Waals surface area contributed by atoms with Gasteiger partial charge in [0.05, 0.1) is 30.3 Å². The van der Waals surface area contributed by atoms with Crippen LogP contribution in [0.5, 0.6) is 11.8 Å². The fourth-order valence-corrected chi connectivity index (χ4v) is 9.53. The van der Waals surface area contributed by atoms with Crippen LogP contribution in [0.15, 0.2) is 18.2 Å². The molecule has 0 amide bonds. The Bertz CT molecular complexity index is 2040. The molecule has 2 bridgehead atoms. The van der Waals surface area contributed by atoms with Crippen LogP contribution in [0.2, 0.25) is 5.02 Å². The molecular weight excluding hydrogens is 620 g/mol. The molecule has 5 aliphatic rings. The Morgan fingerprint density at radius 3 is 3.07 bits per heavy atom. The minimum atomic E-state index is -2.26. The van der Waals surface area contributed by atoms with Gasteiger partial charge in [0, 0.05) is 47.2 Å². The van der Waals surface area contributed by atoms with Crippen molar-refractivity contribution < 1.29 is 21.0 Å². The van der Waals surface area contributed by atoms with E-state index in [-0.39, 0.29) is 63.3 Å². The van der Waals surface area contributed by atoms with E-state index < -0.39 is 30.1 Å². The highest BCUT2D eigenvalue weighted by molar-refractivity contribution is 7.23. The van der Waals surface area contributed by atoms with Crippen molar-refractivity contribution in [2.75, 3.05) is 43.4 Å². The Labute approximate surface area is 269 Å². The molecule has 5 aliphatic heterocycles. The first kappa shape index (κ1) is 25.7. The molecule has 9 nitrogen and oxygen atoms in total. The number of hydrogen-bond acceptors (Lipinski definition) is 10. The number of aromatic nitrogens is 2. The molecule has 3 N–H and O–H groups in total. The normalized spacial score (nSPS) is 30.4. The van der Waals surface area contributed by atoms with Crippen molar-refractivity contribution in [1.29, 1.82) is 5.26 Å². The lowest BCUT2D eigenvalue weighted by atomic mass is 9.95. The van der Waals surface area contributed by atoms with Gasteiger partial charge in [-0.3, -0.25) is 4.90 Å². The van der Waals surface area contributed by atoms with Crippen LogP contribution in [-0.2, 0) is 0 Å². The van der Waals surface area contributed by atoms with Gasteiger partial charge in [-0.1, -0.05) is 23.7 Å². The zero-order valence-corrected chi connectivity index (χ0v) is 25.6. The quantitative estimate of drug-likeness (QED) is 0.299. The molecule has 2 aromatic carbocycles. The van der Waals surface area contributed by atoms with Crippen LogP contribution in [0, 0.1) is 17.1 Å². The fourth-order valence-electron chi connectivity index (χ4n) is 8.27. The molecule has 4 aromatic rings. The van der Waals surface area contributed by atoms with E-state index in [4.69, 9.17) is 31.8 Å². The molecule has 0 saturated carbocycles. The zero-order chi connectivity index (χ0) is 32.4. The minimum Gasteiger partial charge on any atom is -0.489 e. The van der Waals surface area contributed by atoms with Crippen molar-refractivity contribution in [3.63, 3.8) is 0 Å². The number of rotatable bonds is 4. The van der Waals surface area contributed by atoms with E-state index in [0.29, 0.717) is 40.2 Å². The molecular formula is C32H30ClF2N7O2S. The Morgan fingerprint density at radius 1 is 1.31 bits per heavy atom. The predicted molar refractivity (Wildman–Crippen MR) is 170 cm³/mol. The zero-order valence-electron chi connectivity index (χ0n) is 26.1. The van der Waals surface area contributed by atoms with Crippen molar-refractivity contribution in [1.82, 2.24) is 20.2 Å². The number of benzene rings is 2. The van der Waals surface area contributed by atoms with Crippen molar-refractivity contribution in [2.45, 2.75) is 61.9 Å². The van der Waals surface area contributed by atoms with E-state index in [1.807, 2.05) is 4.90 Å². The SMILES string of the molecule is [2H]C1([2H])Oc2c(Cl)c(-c3cccc4sc(N)c(C#N)c34)c(F)c3nc(OC[C@@]45CCCN4C[C@H](F)C5)nc(c23)N2CC3CCC(N3)C21. The molecule has 7 heterocycles. The third-order valence-corrected chi connectivity index (χ3v) is 11.6. The summed E-state index contributed by atoms with van der Waals surface area (Å²) in [6, 6.07) is 6.25. The number of nitrogens with one attached hydrogen (secondary N) is 1. The highest BCUT2D eigenvalue weighted by Crippen LogP contribution is 2.51. The van der Waals surface area contributed by atoms with Gasteiger partial charge < -0.3 is 25.4 Å². The molecule has 13 heteroatoms. The van der Waals surface area contributed by atoms with E-state index in [1.165, 1.54) is 11.3 Å². The molecule has 4 fully saturated rings. The molecule has 2 aromatic heterocycles. The van der Waals surface area contributed by atoms with Crippen LogP contribution in [0.4, 0.5) is 19.6 Å². The van der Waals surface area contributed by atoms with Crippen LogP contribution in [0.3, 0.4) is 0 Å². The second-order valence-corrected chi connectivity index (χ2v) is 14.2. The van der Waals surface area contributed by atoms with Gasteiger partial charge in [0.15, 0.2) is 11.6 Å². The summed E-state index contributed by atoms with van der Waals surface area (Å²) in [5, 5.41) is 14.2. The van der Waals surface area contributed by atoms with Gasteiger partial charge in [-0.25, -0.2) is 8.78 Å². The lowest BCUT2D eigenvalue weighted by molar-refractivity contribution is 0.107. The molecule has 0 aliphatic carbocycles. The smallest absolute Gasteiger partial charge is 0.319 e. The molecule has 9 rings (SSSR count). The average Bonchev–Trinajstić information content (AvgIpc) is 3.76. The number of halogens is 3. The summed E-state index contributed by atoms with van der Waals surface area (Å²) in [5.41, 5.74) is 5.98. The molecule has 5 atom stereocenters. The van der Waals surface area contributed by atoms with Crippen LogP contribution in [0.25, 0.3) is 32.1 Å². The molecule has 0 spiro atoms. The Morgan fingerprint density at radius 2 is 2.20 bits per heavy atom. The van der Waals surface area contributed by atoms with E-state index in [2.05, 4.69) is 21.3 Å². The van der Waals surface area contributed by atoms with Crippen molar-refractivity contribution >= 4 is 54.7 Å². The molecule has 45 heavy (non-hydrogen) atoms. The first-order chi connectivity index (χ1) is 22.6. The number of alkyl halides is 1. The number of nitrogens with two attached hydrogens (primary N) is 1. The standard InChI is InChI=1S/C32H30ClF2N7O2S/c33-25-23(17-3-1-4-21-22(17)18(10-36)29(37)45-21)26(35)27-24-28(25)43-13-20-19-6-5-16(38-19)12-42(20)30(24)40-31(39-27)44-14-32-7-2-8-41(32)11-15(34)9-32/h1,3-4,15-16,19-20,38H,2,5-9,11-14,37H2/t15-,16?,19?,20?,32+/m1/s1/i13D2. The summed E-state index contributed by atoms with van der Waals surface area (Å²) in [6.45, 7) is -0.571. The maximum atomic E-state index is 17.2. The second kappa shape index (κ2) is 10.00. The highest BCUT2D eigenvalue weighted by Gasteiger charge is 2.50. The maximum Gasteiger partial charge on any atom is 0.319 e. The second-order valence-electron chi connectivity index (χ2n) is 12.7. The number of nitrogens with zero attached hydrogens (tertiary/aromatic N) is 5. The number of hydrogen-bond donors (Lipinski definition) is 2. The monoisotopic (exact) mass is 651 g/mol. The average molecular weight is 652 g/mol. The number of thiophene rings is 1. The molecule has 3 unspecified atom stereocenters. The van der Waals surface area contributed by atoms with E-state index in [0.717, 1.165) is 32.2 Å². The predicted octanol–water partition coefficient (Wildman–Crippen LogP) is 5.41. The number of ether oxygens (including phenoxy) is 2. The third-order valence-electron chi connectivity index (χ3n) is 10.3. The van der Waals surface area contributed by atoms with Gasteiger partial charge >= 0.3 is 6.01 Å². The van der Waals surface area contributed by atoms with Crippen LogP contribution < -0.4 is 25.4 Å². The lowest BCUT2D eigenvalue weighted by Crippen LogP contribution is -2.60. The van der Waals surface area contributed by atoms with Gasteiger partial charge in [-0.05, 0) is 43.9 Å². The van der Waals surface area contributed by atoms with Crippen LogP contribution in [0.1, 0.15) is 40.4 Å².